The molecule has 0 bridgehead atoms. The van der Waals surface area contributed by atoms with Gasteiger partial charge in [-0.15, -0.1) is 0 Å². The van der Waals surface area contributed by atoms with Crippen molar-refractivity contribution in [3.8, 4) is 0 Å². The molecule has 0 aliphatic heterocycles. The van der Waals surface area contributed by atoms with Gasteiger partial charge in [-0.2, -0.15) is 0 Å². The van der Waals surface area contributed by atoms with E-state index in [1.807, 2.05) is 60.7 Å². The van der Waals surface area contributed by atoms with Gasteiger partial charge < -0.3 is 16.4 Å². The van der Waals surface area contributed by atoms with Crippen LogP contribution < -0.4 is 11.5 Å². The summed E-state index contributed by atoms with van der Waals surface area (Å²) in [6.45, 7) is 0.0901. The molecule has 0 fully saturated rings. The zero-order chi connectivity index (χ0) is 17.1. The highest BCUT2D eigenvalue weighted by Gasteiger charge is 2.20. The van der Waals surface area contributed by atoms with Crippen molar-refractivity contribution in [2.24, 2.45) is 11.5 Å². The summed E-state index contributed by atoms with van der Waals surface area (Å²) in [6, 6.07) is 17.5. The standard InChI is InChI=1S/C14H15O4P.CH4N2O/c15-19(16,17-11-13-7-3-1-4-8-13)18-12-14-9-5-2-6-10-14;2-1(3)4/h1-10H,11-12H2,(H,15,16);(H4,2,3,4). The third kappa shape index (κ3) is 9.44. The molecule has 2 amide bonds. The van der Waals surface area contributed by atoms with E-state index < -0.39 is 13.9 Å². The number of benzene rings is 2. The minimum absolute atomic E-state index is 0.0450. The molecule has 2 aromatic carbocycles. The summed E-state index contributed by atoms with van der Waals surface area (Å²) in [6.07, 6.45) is 0. The quantitative estimate of drug-likeness (QED) is 0.698. The van der Waals surface area contributed by atoms with E-state index >= 15 is 0 Å². The van der Waals surface area contributed by atoms with Crippen LogP contribution in [0.1, 0.15) is 11.1 Å². The lowest BCUT2D eigenvalue weighted by atomic mass is 10.2. The Bertz CT molecular complexity index is 585. The van der Waals surface area contributed by atoms with E-state index in [9.17, 15) is 9.46 Å². The Morgan fingerprint density at radius 1 is 0.870 bits per heavy atom. The highest BCUT2D eigenvalue weighted by molar-refractivity contribution is 7.47. The number of rotatable bonds is 6. The van der Waals surface area contributed by atoms with E-state index in [2.05, 4.69) is 11.5 Å². The Morgan fingerprint density at radius 2 is 1.17 bits per heavy atom. The molecule has 0 aliphatic carbocycles. The number of amides is 2. The third-order valence-electron chi connectivity index (χ3n) is 2.47. The van der Waals surface area contributed by atoms with Crippen LogP contribution in [0.15, 0.2) is 60.7 Å². The van der Waals surface area contributed by atoms with Gasteiger partial charge in [0.15, 0.2) is 0 Å². The van der Waals surface area contributed by atoms with E-state index in [4.69, 9.17) is 13.8 Å². The Hall–Kier alpha value is -2.18. The van der Waals surface area contributed by atoms with Gasteiger partial charge in [-0.05, 0) is 11.1 Å². The van der Waals surface area contributed by atoms with E-state index in [-0.39, 0.29) is 13.2 Å². The molecule has 0 unspecified atom stereocenters. The van der Waals surface area contributed by atoms with Crippen LogP contribution in [0.5, 0.6) is 0 Å². The molecule has 0 aromatic heterocycles. The average Bonchev–Trinajstić information content (AvgIpc) is 2.53. The second-order valence-corrected chi connectivity index (χ2v) is 5.84. The fourth-order valence-corrected chi connectivity index (χ4v) is 2.20. The molecule has 124 valence electrons. The number of carbonyl (C=O) groups excluding carboxylic acids is 1. The SMILES string of the molecule is NC(N)=O.O=P(O)(OCc1ccccc1)OCc1ccccc1. The monoisotopic (exact) mass is 338 g/mol. The largest absolute Gasteiger partial charge is 0.472 e. The summed E-state index contributed by atoms with van der Waals surface area (Å²) in [7, 11) is -4.02. The second kappa shape index (κ2) is 9.76. The number of urea groups is 1. The van der Waals surface area contributed by atoms with Crippen molar-refractivity contribution in [1.29, 1.82) is 0 Å². The van der Waals surface area contributed by atoms with E-state index in [0.717, 1.165) is 11.1 Å². The van der Waals surface area contributed by atoms with E-state index in [1.165, 1.54) is 0 Å². The number of primary amides is 2. The van der Waals surface area contributed by atoms with Gasteiger partial charge in [-0.3, -0.25) is 9.05 Å². The predicted molar refractivity (Wildman–Crippen MR) is 86.1 cm³/mol. The summed E-state index contributed by atoms with van der Waals surface area (Å²) in [5.41, 5.74) is 10.1. The lowest BCUT2D eigenvalue weighted by molar-refractivity contribution is 0.137. The normalized spacial score (nSPS) is 10.5. The van der Waals surface area contributed by atoms with Crippen LogP contribution in [0.4, 0.5) is 4.79 Å². The number of carbonyl (C=O) groups is 1. The summed E-state index contributed by atoms with van der Waals surface area (Å²) >= 11 is 0. The van der Waals surface area contributed by atoms with Crippen LogP contribution in [0.2, 0.25) is 0 Å². The lowest BCUT2D eigenvalue weighted by Gasteiger charge is -2.12. The molecule has 0 radical (unpaired) electrons. The van der Waals surface area contributed by atoms with E-state index in [1.54, 1.807) is 0 Å². The number of phosphoric ester groups is 1. The van der Waals surface area contributed by atoms with Crippen LogP contribution >= 0.6 is 7.82 Å². The van der Waals surface area contributed by atoms with Gasteiger partial charge >= 0.3 is 13.9 Å². The molecule has 0 aliphatic rings. The first-order valence-electron chi connectivity index (χ1n) is 6.64. The van der Waals surface area contributed by atoms with E-state index in [0.29, 0.717) is 0 Å². The molecule has 8 heteroatoms. The molecule has 0 saturated heterocycles. The molecule has 0 spiro atoms. The molecule has 5 N–H and O–H groups in total. The van der Waals surface area contributed by atoms with Crippen molar-refractivity contribution in [3.63, 3.8) is 0 Å². The smallest absolute Gasteiger partial charge is 0.352 e. The predicted octanol–water partition coefficient (Wildman–Crippen LogP) is 2.54. The number of phosphoric acid groups is 1. The lowest BCUT2D eigenvalue weighted by Crippen LogP contribution is -2.18. The molecule has 2 rings (SSSR count). The summed E-state index contributed by atoms with van der Waals surface area (Å²) in [4.78, 5) is 18.5. The fraction of sp³-hybridized carbons (Fsp3) is 0.133. The molecule has 7 nitrogen and oxygen atoms in total. The Labute approximate surface area is 134 Å². The average molecular weight is 338 g/mol. The maximum absolute atomic E-state index is 11.7. The van der Waals surface area contributed by atoms with Crippen LogP contribution in [0.3, 0.4) is 0 Å². The van der Waals surface area contributed by atoms with Gasteiger partial charge in [0, 0.05) is 0 Å². The number of nitrogens with two attached hydrogens (primary N) is 2. The maximum Gasteiger partial charge on any atom is 0.472 e. The first-order valence-corrected chi connectivity index (χ1v) is 8.13. The molecular formula is C15H19N2O5P. The van der Waals surface area contributed by atoms with Crippen molar-refractivity contribution in [2.75, 3.05) is 0 Å². The minimum atomic E-state index is -4.02. The molecule has 23 heavy (non-hydrogen) atoms. The van der Waals surface area contributed by atoms with Gasteiger partial charge in [0.1, 0.15) is 0 Å². The Balaban J connectivity index is 0.000000593. The Kier molecular flexibility index (Phi) is 8.01. The third-order valence-corrected chi connectivity index (χ3v) is 3.39. The maximum atomic E-state index is 11.7. The number of hydrogen-bond acceptors (Lipinski definition) is 4. The zero-order valence-electron chi connectivity index (χ0n) is 12.4. The first kappa shape index (κ1) is 18.9. The van der Waals surface area contributed by atoms with Gasteiger partial charge in [-0.1, -0.05) is 60.7 Å². The minimum Gasteiger partial charge on any atom is -0.352 e. The molecular weight excluding hydrogens is 319 g/mol. The van der Waals surface area contributed by atoms with Gasteiger partial charge in [0.2, 0.25) is 0 Å². The van der Waals surface area contributed by atoms with Crippen molar-refractivity contribution in [1.82, 2.24) is 0 Å². The first-order chi connectivity index (χ1) is 10.9. The summed E-state index contributed by atoms with van der Waals surface area (Å²) in [5, 5.41) is 0. The zero-order valence-corrected chi connectivity index (χ0v) is 13.3. The van der Waals surface area contributed by atoms with Crippen LogP contribution in [-0.4, -0.2) is 10.9 Å². The molecule has 0 heterocycles. The second-order valence-electron chi connectivity index (χ2n) is 4.39. The molecule has 2 aromatic rings. The van der Waals surface area contributed by atoms with Crippen LogP contribution in [0.25, 0.3) is 0 Å². The topological polar surface area (TPSA) is 125 Å². The van der Waals surface area contributed by atoms with Gasteiger partial charge in [-0.25, -0.2) is 9.36 Å². The Morgan fingerprint density at radius 3 is 1.48 bits per heavy atom. The van der Waals surface area contributed by atoms with Crippen molar-refractivity contribution in [2.45, 2.75) is 13.2 Å². The van der Waals surface area contributed by atoms with Gasteiger partial charge in [0.05, 0.1) is 13.2 Å². The van der Waals surface area contributed by atoms with Crippen molar-refractivity contribution in [3.05, 3.63) is 71.8 Å². The van der Waals surface area contributed by atoms with Crippen molar-refractivity contribution >= 4 is 13.9 Å². The van der Waals surface area contributed by atoms with Crippen LogP contribution in [0, 0.1) is 0 Å². The van der Waals surface area contributed by atoms with Crippen LogP contribution in [-0.2, 0) is 26.8 Å². The highest BCUT2D eigenvalue weighted by Crippen LogP contribution is 2.44. The molecule has 0 saturated carbocycles. The van der Waals surface area contributed by atoms with Gasteiger partial charge in [0.25, 0.3) is 0 Å². The fourth-order valence-electron chi connectivity index (χ4n) is 1.50. The number of hydrogen-bond donors (Lipinski definition) is 3. The summed E-state index contributed by atoms with van der Waals surface area (Å²) < 4.78 is 21.5. The molecule has 0 atom stereocenters. The highest BCUT2D eigenvalue weighted by atomic mass is 31.2. The summed E-state index contributed by atoms with van der Waals surface area (Å²) in [5.74, 6) is 0. The van der Waals surface area contributed by atoms with Crippen molar-refractivity contribution < 1.29 is 23.3 Å².